The molecule has 2 aliphatic carbocycles. The number of nitrogens with one attached hydrogen (secondary N) is 1. The Hall–Kier alpha value is -2.11. The Morgan fingerprint density at radius 1 is 1.03 bits per heavy atom. The van der Waals surface area contributed by atoms with Crippen LogP contribution < -0.4 is 5.32 Å². The van der Waals surface area contributed by atoms with Crippen molar-refractivity contribution in [1.29, 1.82) is 0 Å². The maximum atomic E-state index is 13.9. The summed E-state index contributed by atoms with van der Waals surface area (Å²) in [7, 11) is 0. The Labute approximate surface area is 175 Å². The maximum absolute atomic E-state index is 13.9. The van der Waals surface area contributed by atoms with Crippen LogP contribution in [0.2, 0.25) is 0 Å². The van der Waals surface area contributed by atoms with Crippen molar-refractivity contribution in [2.45, 2.75) is 76.8 Å². The Bertz CT molecular complexity index is 926. The molecule has 1 amide bonds. The van der Waals surface area contributed by atoms with E-state index in [0.717, 1.165) is 44.1 Å². The lowest BCUT2D eigenvalue weighted by atomic mass is 9.89. The Balaban J connectivity index is 1.67. The molecule has 162 valence electrons. The smallest absolute Gasteiger partial charge is 0.350 e. The lowest BCUT2D eigenvalue weighted by Gasteiger charge is -2.22. The van der Waals surface area contributed by atoms with Gasteiger partial charge in [-0.15, -0.1) is 0 Å². The molecule has 4 rings (SSSR count). The predicted octanol–water partition coefficient (Wildman–Crippen LogP) is 6.53. The molecular formula is C24H29F3N2O. The van der Waals surface area contributed by atoms with E-state index in [1.165, 1.54) is 25.3 Å². The fraction of sp³-hybridized carbons (Fsp3) is 0.583. The summed E-state index contributed by atoms with van der Waals surface area (Å²) >= 11 is 0. The number of fused-ring (bicyclic) bond motifs is 1. The van der Waals surface area contributed by atoms with Gasteiger partial charge >= 0.3 is 6.18 Å². The molecule has 1 heterocycles. The Morgan fingerprint density at radius 3 is 2.37 bits per heavy atom. The van der Waals surface area contributed by atoms with Crippen LogP contribution >= 0.6 is 0 Å². The van der Waals surface area contributed by atoms with E-state index in [-0.39, 0.29) is 17.1 Å². The number of amides is 1. The summed E-state index contributed by atoms with van der Waals surface area (Å²) in [5, 5.41) is 3.39. The number of hydrogen-bond donors (Lipinski definition) is 1. The fourth-order valence-electron chi connectivity index (χ4n) is 5.06. The van der Waals surface area contributed by atoms with Crippen LogP contribution in [0, 0.1) is 12.8 Å². The minimum Gasteiger partial charge on any atom is -0.350 e. The fourth-order valence-corrected chi connectivity index (χ4v) is 5.06. The first-order chi connectivity index (χ1) is 14.3. The van der Waals surface area contributed by atoms with Crippen molar-refractivity contribution in [2.24, 2.45) is 5.92 Å². The highest BCUT2D eigenvalue weighted by molar-refractivity contribution is 5.97. The zero-order valence-corrected chi connectivity index (χ0v) is 17.4. The van der Waals surface area contributed by atoms with Gasteiger partial charge in [-0.05, 0) is 73.8 Å². The molecule has 2 aliphatic rings. The van der Waals surface area contributed by atoms with Gasteiger partial charge in [-0.1, -0.05) is 32.1 Å². The molecule has 0 atom stereocenters. The molecule has 0 radical (unpaired) electrons. The van der Waals surface area contributed by atoms with Crippen LogP contribution in [0.15, 0.2) is 18.2 Å². The SMILES string of the molecule is Cc1cc(C(=O)NCC2CCCCC2)nc2c(C(F)(F)F)cc(C3CCCC3)cc12. The van der Waals surface area contributed by atoms with Crippen molar-refractivity contribution < 1.29 is 18.0 Å². The summed E-state index contributed by atoms with van der Waals surface area (Å²) in [6, 6.07) is 4.73. The molecule has 6 heteroatoms. The van der Waals surface area contributed by atoms with E-state index in [1.807, 2.05) is 6.07 Å². The first-order valence-corrected chi connectivity index (χ1v) is 11.1. The molecule has 30 heavy (non-hydrogen) atoms. The number of hydrogen-bond acceptors (Lipinski definition) is 2. The van der Waals surface area contributed by atoms with Crippen molar-refractivity contribution in [3.05, 3.63) is 40.6 Å². The van der Waals surface area contributed by atoms with Crippen molar-refractivity contribution in [1.82, 2.24) is 10.3 Å². The highest BCUT2D eigenvalue weighted by atomic mass is 19.4. The van der Waals surface area contributed by atoms with Gasteiger partial charge in [-0.2, -0.15) is 13.2 Å². The van der Waals surface area contributed by atoms with Gasteiger partial charge in [0.15, 0.2) is 0 Å². The number of benzene rings is 1. The van der Waals surface area contributed by atoms with E-state index in [9.17, 15) is 18.0 Å². The molecule has 0 spiro atoms. The first-order valence-electron chi connectivity index (χ1n) is 11.1. The molecule has 0 bridgehead atoms. The minimum atomic E-state index is -4.51. The van der Waals surface area contributed by atoms with Crippen molar-refractivity contribution in [2.75, 3.05) is 6.54 Å². The number of pyridine rings is 1. The van der Waals surface area contributed by atoms with Crippen molar-refractivity contribution in [3.63, 3.8) is 0 Å². The van der Waals surface area contributed by atoms with Crippen LogP contribution in [0.4, 0.5) is 13.2 Å². The number of aryl methyl sites for hydroxylation is 1. The number of halogens is 3. The molecule has 2 aromatic rings. The number of carbonyl (C=O) groups is 1. The molecule has 0 saturated heterocycles. The van der Waals surface area contributed by atoms with Crippen LogP contribution in [0.3, 0.4) is 0 Å². The summed E-state index contributed by atoms with van der Waals surface area (Å²) in [6.07, 6.45) is 5.22. The van der Waals surface area contributed by atoms with Gasteiger partial charge in [0, 0.05) is 11.9 Å². The molecule has 0 aliphatic heterocycles. The molecule has 2 saturated carbocycles. The van der Waals surface area contributed by atoms with Crippen LogP contribution in [-0.2, 0) is 6.18 Å². The molecule has 1 aromatic heterocycles. The topological polar surface area (TPSA) is 42.0 Å². The second-order valence-electron chi connectivity index (χ2n) is 8.98. The third-order valence-electron chi connectivity index (χ3n) is 6.78. The van der Waals surface area contributed by atoms with Crippen LogP contribution in [0.5, 0.6) is 0 Å². The van der Waals surface area contributed by atoms with Crippen LogP contribution in [-0.4, -0.2) is 17.4 Å². The Kier molecular flexibility index (Phi) is 6.03. The minimum absolute atomic E-state index is 0.0647. The zero-order valence-electron chi connectivity index (χ0n) is 17.4. The van der Waals surface area contributed by atoms with E-state index in [2.05, 4.69) is 10.3 Å². The summed E-state index contributed by atoms with van der Waals surface area (Å²) < 4.78 is 41.7. The first kappa shape index (κ1) is 21.1. The van der Waals surface area contributed by atoms with Gasteiger partial charge in [0.25, 0.3) is 5.91 Å². The molecular weight excluding hydrogens is 389 g/mol. The average Bonchev–Trinajstić information content (AvgIpc) is 3.26. The molecule has 0 unspecified atom stereocenters. The number of aromatic nitrogens is 1. The number of alkyl halides is 3. The van der Waals surface area contributed by atoms with Crippen LogP contribution in [0.25, 0.3) is 10.9 Å². The van der Waals surface area contributed by atoms with Gasteiger partial charge in [-0.25, -0.2) is 4.98 Å². The summed E-state index contributed by atoms with van der Waals surface area (Å²) in [5.74, 6) is 0.232. The van der Waals surface area contributed by atoms with Gasteiger partial charge in [0.05, 0.1) is 11.1 Å². The van der Waals surface area contributed by atoms with Crippen molar-refractivity contribution >= 4 is 16.8 Å². The van der Waals surface area contributed by atoms with Gasteiger partial charge in [0.2, 0.25) is 0 Å². The van der Waals surface area contributed by atoms with Gasteiger partial charge in [-0.3, -0.25) is 4.79 Å². The lowest BCUT2D eigenvalue weighted by molar-refractivity contribution is -0.136. The monoisotopic (exact) mass is 418 g/mol. The molecule has 1 aromatic carbocycles. The average molecular weight is 419 g/mol. The highest BCUT2D eigenvalue weighted by Crippen LogP contribution is 2.41. The third kappa shape index (κ3) is 4.47. The predicted molar refractivity (Wildman–Crippen MR) is 112 cm³/mol. The number of carbonyl (C=O) groups excluding carboxylic acids is 1. The van der Waals surface area contributed by atoms with E-state index >= 15 is 0 Å². The van der Waals surface area contributed by atoms with Crippen LogP contribution in [0.1, 0.15) is 90.9 Å². The van der Waals surface area contributed by atoms with Crippen molar-refractivity contribution in [3.8, 4) is 0 Å². The lowest BCUT2D eigenvalue weighted by Crippen LogP contribution is -2.31. The van der Waals surface area contributed by atoms with Gasteiger partial charge < -0.3 is 5.32 Å². The largest absolute Gasteiger partial charge is 0.418 e. The normalized spacial score (nSPS) is 18.8. The van der Waals surface area contributed by atoms with E-state index in [1.54, 1.807) is 13.0 Å². The maximum Gasteiger partial charge on any atom is 0.418 e. The van der Waals surface area contributed by atoms with E-state index in [0.29, 0.717) is 23.4 Å². The number of nitrogens with zero attached hydrogens (tertiary/aromatic N) is 1. The highest BCUT2D eigenvalue weighted by Gasteiger charge is 2.35. The third-order valence-corrected chi connectivity index (χ3v) is 6.78. The summed E-state index contributed by atoms with van der Waals surface area (Å²) in [5.41, 5.74) is 0.619. The van der Waals surface area contributed by atoms with E-state index < -0.39 is 17.6 Å². The Morgan fingerprint density at radius 2 is 1.70 bits per heavy atom. The van der Waals surface area contributed by atoms with Gasteiger partial charge in [0.1, 0.15) is 5.69 Å². The second-order valence-corrected chi connectivity index (χ2v) is 8.98. The molecule has 2 fully saturated rings. The van der Waals surface area contributed by atoms with E-state index in [4.69, 9.17) is 0 Å². The molecule has 1 N–H and O–H groups in total. The summed E-state index contributed by atoms with van der Waals surface area (Å²) in [6.45, 7) is 2.32. The molecule has 3 nitrogen and oxygen atoms in total. The standard InChI is InChI=1S/C24H29F3N2O/c1-15-11-21(23(30)28-14-16-7-3-2-4-8-16)29-22-19(15)12-18(17-9-5-6-10-17)13-20(22)24(25,26)27/h11-13,16-17H,2-10,14H2,1H3,(H,28,30). The quantitative estimate of drug-likeness (QED) is 0.613. The summed E-state index contributed by atoms with van der Waals surface area (Å²) in [4.78, 5) is 16.9. The second kappa shape index (κ2) is 8.56. The zero-order chi connectivity index (χ0) is 21.3. The number of rotatable bonds is 4.